The molecule has 0 radical (unpaired) electrons. The molecule has 1 heterocycles. The van der Waals surface area contributed by atoms with E-state index in [2.05, 4.69) is 27.4 Å². The Kier molecular flexibility index (Phi) is 5.07. The van der Waals surface area contributed by atoms with Gasteiger partial charge in [-0.05, 0) is 56.4 Å². The maximum absolute atomic E-state index is 12.8. The van der Waals surface area contributed by atoms with E-state index in [-0.39, 0.29) is 39.9 Å². The molecular formula is C26H32O5. The number of benzene rings is 1. The first-order chi connectivity index (χ1) is 14.5. The van der Waals surface area contributed by atoms with Crippen molar-refractivity contribution in [2.75, 3.05) is 7.11 Å². The Labute approximate surface area is 184 Å². The van der Waals surface area contributed by atoms with Gasteiger partial charge in [0.05, 0.1) is 12.7 Å². The third-order valence-electron chi connectivity index (χ3n) is 7.93. The Hall–Kier alpha value is -2.56. The summed E-state index contributed by atoms with van der Waals surface area (Å²) >= 11 is 0. The summed E-state index contributed by atoms with van der Waals surface area (Å²) in [5, 5.41) is 11.0. The molecule has 1 aliphatic heterocycles. The van der Waals surface area contributed by atoms with Crippen molar-refractivity contribution >= 4 is 11.6 Å². The molecule has 1 aromatic carbocycles. The van der Waals surface area contributed by atoms with Gasteiger partial charge in [0.2, 0.25) is 5.78 Å². The molecule has 0 saturated heterocycles. The number of phenols is 1. The van der Waals surface area contributed by atoms with Crippen molar-refractivity contribution in [1.82, 2.24) is 0 Å². The van der Waals surface area contributed by atoms with Crippen molar-refractivity contribution < 1.29 is 24.2 Å². The zero-order chi connectivity index (χ0) is 22.7. The molecule has 0 spiro atoms. The smallest absolute Gasteiger partial charge is 0.228 e. The number of methoxy groups -OCH3 is 1. The molecule has 0 aromatic heterocycles. The van der Waals surface area contributed by atoms with E-state index < -0.39 is 11.2 Å². The second-order valence-corrected chi connectivity index (χ2v) is 10.2. The number of ketones is 2. The first kappa shape index (κ1) is 21.7. The first-order valence-electron chi connectivity index (χ1n) is 11.1. The molecule has 166 valence electrons. The van der Waals surface area contributed by atoms with Gasteiger partial charge in [-0.2, -0.15) is 0 Å². The fourth-order valence-corrected chi connectivity index (χ4v) is 5.83. The molecule has 1 aromatic rings. The molecule has 5 heteroatoms. The molecule has 0 amide bonds. The Morgan fingerprint density at radius 2 is 2.00 bits per heavy atom. The Bertz CT molecular complexity index is 1020. The highest BCUT2D eigenvalue weighted by molar-refractivity contribution is 6.25. The molecule has 3 atom stereocenters. The maximum Gasteiger partial charge on any atom is 0.228 e. The number of carbonyl (C=O) groups is 2. The number of aromatic hydroxyl groups is 1. The summed E-state index contributed by atoms with van der Waals surface area (Å²) < 4.78 is 11.2. The van der Waals surface area contributed by atoms with Crippen LogP contribution >= 0.6 is 0 Å². The Morgan fingerprint density at radius 3 is 2.65 bits per heavy atom. The normalized spacial score (nSPS) is 29.2. The van der Waals surface area contributed by atoms with Crippen LogP contribution in [0, 0.1) is 11.3 Å². The van der Waals surface area contributed by atoms with Gasteiger partial charge in [-0.15, -0.1) is 0 Å². The van der Waals surface area contributed by atoms with E-state index in [1.165, 1.54) is 37.7 Å². The molecule has 0 bridgehead atoms. The van der Waals surface area contributed by atoms with E-state index in [4.69, 9.17) is 9.47 Å². The number of hydrogen-bond acceptors (Lipinski definition) is 5. The second kappa shape index (κ2) is 7.25. The number of hydrogen-bond donors (Lipinski definition) is 1. The minimum Gasteiger partial charge on any atom is -0.507 e. The summed E-state index contributed by atoms with van der Waals surface area (Å²) in [7, 11) is 1.35. The van der Waals surface area contributed by atoms with Crippen LogP contribution in [0.15, 0.2) is 30.1 Å². The summed E-state index contributed by atoms with van der Waals surface area (Å²) in [6.45, 7) is 13.0. The Morgan fingerprint density at radius 1 is 1.29 bits per heavy atom. The van der Waals surface area contributed by atoms with Crippen molar-refractivity contribution in [2.24, 2.45) is 11.3 Å². The predicted molar refractivity (Wildman–Crippen MR) is 119 cm³/mol. The summed E-state index contributed by atoms with van der Waals surface area (Å²) in [6.07, 6.45) is 6.13. The van der Waals surface area contributed by atoms with Crippen LogP contribution in [0.3, 0.4) is 0 Å². The minimum atomic E-state index is -0.475. The highest BCUT2D eigenvalue weighted by Crippen LogP contribution is 2.55. The quantitative estimate of drug-likeness (QED) is 0.646. The van der Waals surface area contributed by atoms with Gasteiger partial charge in [-0.1, -0.05) is 32.9 Å². The summed E-state index contributed by atoms with van der Waals surface area (Å²) in [6, 6.07) is 1.41. The van der Waals surface area contributed by atoms with Gasteiger partial charge >= 0.3 is 0 Å². The molecule has 1 saturated carbocycles. The molecule has 2 aliphatic carbocycles. The van der Waals surface area contributed by atoms with E-state index in [0.717, 1.165) is 19.3 Å². The van der Waals surface area contributed by atoms with Crippen LogP contribution < -0.4 is 4.74 Å². The lowest BCUT2D eigenvalue weighted by Crippen LogP contribution is -2.36. The van der Waals surface area contributed by atoms with Gasteiger partial charge in [0.25, 0.3) is 0 Å². The summed E-state index contributed by atoms with van der Waals surface area (Å²) in [5.74, 6) is -0.0215. The number of allylic oxidation sites excluding steroid dienone is 3. The first-order valence-corrected chi connectivity index (χ1v) is 11.1. The fourth-order valence-electron chi connectivity index (χ4n) is 5.83. The van der Waals surface area contributed by atoms with Crippen LogP contribution in [0.1, 0.15) is 86.1 Å². The van der Waals surface area contributed by atoms with Crippen LogP contribution in [0.2, 0.25) is 0 Å². The minimum absolute atomic E-state index is 0.000772. The Balaban J connectivity index is 1.73. The van der Waals surface area contributed by atoms with Gasteiger partial charge < -0.3 is 14.6 Å². The lowest BCUT2D eigenvalue weighted by Gasteiger charge is -2.42. The molecule has 4 rings (SSSR count). The lowest BCUT2D eigenvalue weighted by molar-refractivity contribution is 0.0912. The van der Waals surface area contributed by atoms with E-state index in [1.54, 1.807) is 0 Å². The van der Waals surface area contributed by atoms with E-state index >= 15 is 0 Å². The zero-order valence-corrected chi connectivity index (χ0v) is 19.1. The van der Waals surface area contributed by atoms with E-state index in [1.807, 2.05) is 6.92 Å². The molecule has 1 unspecified atom stereocenters. The maximum atomic E-state index is 12.8. The van der Waals surface area contributed by atoms with Crippen molar-refractivity contribution in [3.8, 4) is 11.5 Å². The van der Waals surface area contributed by atoms with Crippen LogP contribution in [0.25, 0.3) is 0 Å². The van der Waals surface area contributed by atoms with Crippen molar-refractivity contribution in [2.45, 2.75) is 71.3 Å². The monoisotopic (exact) mass is 424 g/mol. The average Bonchev–Trinajstić information content (AvgIpc) is 2.95. The van der Waals surface area contributed by atoms with Gasteiger partial charge in [-0.3, -0.25) is 9.59 Å². The molecule has 1 fully saturated rings. The average molecular weight is 425 g/mol. The summed E-state index contributed by atoms with van der Waals surface area (Å²) in [4.78, 5) is 25.5. The van der Waals surface area contributed by atoms with E-state index in [9.17, 15) is 14.7 Å². The third kappa shape index (κ3) is 3.20. The fraction of sp³-hybridized carbons (Fsp3) is 0.538. The number of carbonyl (C=O) groups excluding carboxylic acids is 2. The summed E-state index contributed by atoms with van der Waals surface area (Å²) in [5.41, 5.74) is 2.03. The number of rotatable bonds is 4. The molecule has 31 heavy (non-hydrogen) atoms. The highest BCUT2D eigenvalue weighted by atomic mass is 16.5. The second-order valence-electron chi connectivity index (χ2n) is 10.2. The lowest BCUT2D eigenvalue weighted by atomic mass is 9.63. The topological polar surface area (TPSA) is 72.8 Å². The number of Topliss-reactive ketones (excluding diaryl/α,β-unsaturated/α-hetero) is 1. The number of fused-ring (bicyclic) bond motifs is 3. The van der Waals surface area contributed by atoms with Crippen LogP contribution in [-0.4, -0.2) is 29.9 Å². The van der Waals surface area contributed by atoms with Crippen molar-refractivity contribution in [1.29, 1.82) is 0 Å². The molecule has 3 aliphatic rings. The third-order valence-corrected chi connectivity index (χ3v) is 7.93. The molecule has 5 nitrogen and oxygen atoms in total. The van der Waals surface area contributed by atoms with Crippen molar-refractivity contribution in [3.05, 3.63) is 46.7 Å². The zero-order valence-electron chi connectivity index (χ0n) is 19.1. The van der Waals surface area contributed by atoms with Gasteiger partial charge in [0.15, 0.2) is 11.5 Å². The largest absolute Gasteiger partial charge is 0.507 e. The standard InChI is InChI=1S/C26H32O5/c1-14-8-7-10-25(3,4)17(14)9-11-26(5)15(2)31-24-21-16(12-19(28)22(24)26)23(29)20(30-6)13-18(21)27/h12-13,15,17,28H,1,7-11H2,2-6H3/t15-,17?,26+/m1/s1. The number of ether oxygens (including phenoxy) is 2. The van der Waals surface area contributed by atoms with Gasteiger partial charge in [-0.25, -0.2) is 0 Å². The highest BCUT2D eigenvalue weighted by Gasteiger charge is 2.49. The SMILES string of the molecule is C=C1CCCC(C)(C)C1CC[C@]1(C)c2c(O)cc3c(c2O[C@@H]1C)C(=O)C=C(OC)C3=O. The van der Waals surface area contributed by atoms with Crippen LogP contribution in [-0.2, 0) is 10.2 Å². The van der Waals surface area contributed by atoms with Crippen LogP contribution in [0.5, 0.6) is 11.5 Å². The van der Waals surface area contributed by atoms with Crippen LogP contribution in [0.4, 0.5) is 0 Å². The predicted octanol–water partition coefficient (Wildman–Crippen LogP) is 5.50. The molecular weight excluding hydrogens is 392 g/mol. The van der Waals surface area contributed by atoms with E-state index in [0.29, 0.717) is 17.2 Å². The van der Waals surface area contributed by atoms with Crippen molar-refractivity contribution in [3.63, 3.8) is 0 Å². The molecule has 1 N–H and O–H groups in total. The van der Waals surface area contributed by atoms with Gasteiger partial charge in [0.1, 0.15) is 17.6 Å². The van der Waals surface area contributed by atoms with Gasteiger partial charge in [0, 0.05) is 22.6 Å². The number of phenolic OH excluding ortho intramolecular Hbond substituents is 1.